The van der Waals surface area contributed by atoms with E-state index in [0.717, 1.165) is 36.0 Å². The van der Waals surface area contributed by atoms with E-state index in [2.05, 4.69) is 13.8 Å². The lowest BCUT2D eigenvalue weighted by Gasteiger charge is -2.18. The molecule has 0 saturated carbocycles. The van der Waals surface area contributed by atoms with E-state index in [1.54, 1.807) is 18.2 Å². The molecule has 144 valence electrons. The lowest BCUT2D eigenvalue weighted by atomic mass is 9.96. The number of ketones is 1. The zero-order chi connectivity index (χ0) is 19.8. The summed E-state index contributed by atoms with van der Waals surface area (Å²) in [6, 6.07) is 8.07. The number of aromatic hydroxyl groups is 2. The summed E-state index contributed by atoms with van der Waals surface area (Å²) in [6.45, 7) is 6.52. The number of phenolic OH excluding ortho intramolecular Hbond substituents is 2. The number of rotatable bonds is 9. The molecule has 2 aromatic carbocycles. The molecule has 0 aromatic heterocycles. The van der Waals surface area contributed by atoms with E-state index in [1.807, 2.05) is 13.0 Å². The van der Waals surface area contributed by atoms with Crippen molar-refractivity contribution in [3.05, 3.63) is 58.7 Å². The van der Waals surface area contributed by atoms with Gasteiger partial charge in [0.2, 0.25) is 0 Å². The van der Waals surface area contributed by atoms with Gasteiger partial charge in [-0.2, -0.15) is 0 Å². The lowest BCUT2D eigenvalue weighted by molar-refractivity contribution is 0.104. The highest BCUT2D eigenvalue weighted by molar-refractivity contribution is 6.07. The topological polar surface area (TPSA) is 66.8 Å². The molecule has 27 heavy (non-hydrogen) atoms. The number of hydrogen-bond acceptors (Lipinski definition) is 4. The first-order valence-corrected chi connectivity index (χ1v) is 9.53. The molecule has 0 heterocycles. The van der Waals surface area contributed by atoms with Crippen LogP contribution in [0.25, 0.3) is 6.08 Å². The van der Waals surface area contributed by atoms with Gasteiger partial charge in [-0.05, 0) is 67.8 Å². The first-order chi connectivity index (χ1) is 13.0. The maximum absolute atomic E-state index is 12.4. The molecule has 0 aliphatic rings. The van der Waals surface area contributed by atoms with E-state index >= 15 is 0 Å². The molecule has 0 unspecified atom stereocenters. The first kappa shape index (κ1) is 20.6. The fourth-order valence-electron chi connectivity index (χ4n) is 3.07. The molecule has 0 spiro atoms. The van der Waals surface area contributed by atoms with Crippen LogP contribution >= 0.6 is 0 Å². The second kappa shape index (κ2) is 9.81. The fourth-order valence-corrected chi connectivity index (χ4v) is 3.07. The highest BCUT2D eigenvalue weighted by atomic mass is 16.5. The third-order valence-electron chi connectivity index (χ3n) is 4.33. The third kappa shape index (κ3) is 5.13. The Morgan fingerprint density at radius 3 is 2.30 bits per heavy atom. The maximum atomic E-state index is 12.4. The summed E-state index contributed by atoms with van der Waals surface area (Å²) >= 11 is 0. The number of carbonyl (C=O) groups excluding carboxylic acids is 1. The summed E-state index contributed by atoms with van der Waals surface area (Å²) in [7, 11) is 0. The minimum atomic E-state index is -0.153. The van der Waals surface area contributed by atoms with Crippen molar-refractivity contribution in [1.29, 1.82) is 0 Å². The number of benzene rings is 2. The van der Waals surface area contributed by atoms with Crippen LogP contribution in [0, 0.1) is 0 Å². The Bertz CT molecular complexity index is 804. The Morgan fingerprint density at radius 2 is 1.70 bits per heavy atom. The average molecular weight is 368 g/mol. The summed E-state index contributed by atoms with van der Waals surface area (Å²) in [5.74, 6) is 0.927. The van der Waals surface area contributed by atoms with Gasteiger partial charge in [-0.15, -0.1) is 0 Å². The summed E-state index contributed by atoms with van der Waals surface area (Å²) in [5.41, 5.74) is 2.99. The molecular formula is C23H28O4. The number of phenols is 2. The molecule has 4 nitrogen and oxygen atoms in total. The molecule has 2 N–H and O–H groups in total. The monoisotopic (exact) mass is 368 g/mol. The SMILES string of the molecule is CCCc1cc(C=CC(=O)c2ccc(O)cc2)c(OCC)c(CCC)c1O. The molecule has 0 radical (unpaired) electrons. The van der Waals surface area contributed by atoms with Crippen molar-refractivity contribution in [2.24, 2.45) is 0 Å². The van der Waals surface area contributed by atoms with Gasteiger partial charge in [-0.3, -0.25) is 4.79 Å². The Hall–Kier alpha value is -2.75. The molecule has 0 aliphatic heterocycles. The molecule has 0 aliphatic carbocycles. The summed E-state index contributed by atoms with van der Waals surface area (Å²) in [5, 5.41) is 20.0. The van der Waals surface area contributed by atoms with Gasteiger partial charge in [0.15, 0.2) is 5.78 Å². The zero-order valence-corrected chi connectivity index (χ0v) is 16.3. The maximum Gasteiger partial charge on any atom is 0.185 e. The number of allylic oxidation sites excluding steroid dienone is 1. The van der Waals surface area contributed by atoms with Gasteiger partial charge in [0.1, 0.15) is 17.2 Å². The van der Waals surface area contributed by atoms with Crippen LogP contribution in [0.3, 0.4) is 0 Å². The fraction of sp³-hybridized carbons (Fsp3) is 0.348. The average Bonchev–Trinajstić information content (AvgIpc) is 2.66. The Labute approximate surface area is 161 Å². The van der Waals surface area contributed by atoms with Gasteiger partial charge >= 0.3 is 0 Å². The lowest BCUT2D eigenvalue weighted by Crippen LogP contribution is -2.03. The smallest absolute Gasteiger partial charge is 0.185 e. The standard InChI is InChI=1S/C23H28O4/c1-4-7-17-15-18(23(27-6-3)20(8-5-2)22(17)26)11-14-21(25)16-9-12-19(24)13-10-16/h9-15,24,26H,4-8H2,1-3H3. The molecule has 4 heteroatoms. The third-order valence-corrected chi connectivity index (χ3v) is 4.33. The Balaban J connectivity index is 2.45. The van der Waals surface area contributed by atoms with E-state index in [0.29, 0.717) is 30.1 Å². The van der Waals surface area contributed by atoms with Crippen LogP contribution in [0.4, 0.5) is 0 Å². The predicted molar refractivity (Wildman–Crippen MR) is 109 cm³/mol. The van der Waals surface area contributed by atoms with Crippen LogP contribution in [0.1, 0.15) is 60.7 Å². The molecule has 0 fully saturated rings. The van der Waals surface area contributed by atoms with Gasteiger partial charge < -0.3 is 14.9 Å². The molecule has 0 bridgehead atoms. The number of carbonyl (C=O) groups is 1. The second-order valence-corrected chi connectivity index (χ2v) is 6.46. The van der Waals surface area contributed by atoms with E-state index in [-0.39, 0.29) is 11.5 Å². The predicted octanol–water partition coefficient (Wildman–Crippen LogP) is 5.30. The molecule has 0 atom stereocenters. The molecule has 0 amide bonds. The van der Waals surface area contributed by atoms with Crippen molar-refractivity contribution in [2.75, 3.05) is 6.61 Å². The van der Waals surface area contributed by atoms with Gasteiger partial charge in [-0.25, -0.2) is 0 Å². The van der Waals surface area contributed by atoms with Gasteiger partial charge in [-0.1, -0.05) is 26.7 Å². The van der Waals surface area contributed by atoms with Gasteiger partial charge in [0, 0.05) is 16.7 Å². The van der Waals surface area contributed by atoms with E-state index in [4.69, 9.17) is 4.74 Å². The number of ether oxygens (including phenoxy) is 1. The van der Waals surface area contributed by atoms with Crippen LogP contribution in [0.15, 0.2) is 36.4 Å². The van der Waals surface area contributed by atoms with Crippen LogP contribution < -0.4 is 4.74 Å². The molecule has 0 saturated heterocycles. The Kier molecular flexibility index (Phi) is 7.47. The summed E-state index contributed by atoms with van der Waals surface area (Å²) in [4.78, 5) is 12.4. The van der Waals surface area contributed by atoms with Crippen LogP contribution in [0.5, 0.6) is 17.2 Å². The molecule has 2 aromatic rings. The largest absolute Gasteiger partial charge is 0.508 e. The van der Waals surface area contributed by atoms with Crippen LogP contribution in [0.2, 0.25) is 0 Å². The molecule has 2 rings (SSSR count). The quantitative estimate of drug-likeness (QED) is 0.466. The minimum absolute atomic E-state index is 0.126. The van der Waals surface area contributed by atoms with Crippen molar-refractivity contribution in [3.63, 3.8) is 0 Å². The van der Waals surface area contributed by atoms with Crippen LogP contribution in [-0.4, -0.2) is 22.6 Å². The Morgan fingerprint density at radius 1 is 1.04 bits per heavy atom. The zero-order valence-electron chi connectivity index (χ0n) is 16.3. The van der Waals surface area contributed by atoms with E-state index in [9.17, 15) is 15.0 Å². The van der Waals surface area contributed by atoms with Crippen molar-refractivity contribution in [3.8, 4) is 17.2 Å². The van der Waals surface area contributed by atoms with Crippen molar-refractivity contribution in [2.45, 2.75) is 46.5 Å². The minimum Gasteiger partial charge on any atom is -0.508 e. The first-order valence-electron chi connectivity index (χ1n) is 9.53. The van der Waals surface area contributed by atoms with Crippen molar-refractivity contribution < 1.29 is 19.7 Å². The van der Waals surface area contributed by atoms with Crippen LogP contribution in [-0.2, 0) is 12.8 Å². The summed E-state index contributed by atoms with van der Waals surface area (Å²) < 4.78 is 5.83. The van der Waals surface area contributed by atoms with Gasteiger partial charge in [0.25, 0.3) is 0 Å². The van der Waals surface area contributed by atoms with Gasteiger partial charge in [0.05, 0.1) is 6.61 Å². The second-order valence-electron chi connectivity index (χ2n) is 6.46. The highest BCUT2D eigenvalue weighted by Crippen LogP contribution is 2.37. The number of hydrogen-bond donors (Lipinski definition) is 2. The highest BCUT2D eigenvalue weighted by Gasteiger charge is 2.17. The summed E-state index contributed by atoms with van der Waals surface area (Å²) in [6.07, 6.45) is 6.54. The normalized spacial score (nSPS) is 11.1. The number of aryl methyl sites for hydroxylation is 1. The van der Waals surface area contributed by atoms with E-state index < -0.39 is 0 Å². The molecular weight excluding hydrogens is 340 g/mol. The van der Waals surface area contributed by atoms with Crippen molar-refractivity contribution >= 4 is 11.9 Å². The van der Waals surface area contributed by atoms with Crippen molar-refractivity contribution in [1.82, 2.24) is 0 Å². The van der Waals surface area contributed by atoms with E-state index in [1.165, 1.54) is 18.2 Å².